The first kappa shape index (κ1) is 71.9. The zero-order chi connectivity index (χ0) is 60.6. The number of unbranched alkanes of at least 4 members (excludes halogenated alkanes) is 4. The Bertz CT molecular complexity index is 2010. The first-order valence-corrected chi connectivity index (χ1v) is 27.9. The van der Waals surface area contributed by atoms with E-state index in [4.69, 9.17) is 22.9 Å². The van der Waals surface area contributed by atoms with Gasteiger partial charge in [0.1, 0.15) is 60.4 Å². The number of hydrogen-bond acceptors (Lipinski definition) is 18. The Hall–Kier alpha value is -6.11. The van der Waals surface area contributed by atoms with E-state index in [2.05, 4.69) is 65.4 Å². The smallest absolute Gasteiger partial charge is 0.245 e. The predicted octanol–water partition coefficient (Wildman–Crippen LogP) is -6.04. The molecule has 0 aromatic carbocycles. The summed E-state index contributed by atoms with van der Waals surface area (Å²) in [5, 5.41) is 59.0. The van der Waals surface area contributed by atoms with Gasteiger partial charge in [0.05, 0.1) is 18.8 Å². The number of amides is 11. The van der Waals surface area contributed by atoms with E-state index in [1.165, 1.54) is 6.92 Å². The van der Waals surface area contributed by atoms with E-state index in [1.54, 1.807) is 27.7 Å². The number of nitrogens with two attached hydrogens (primary N) is 4. The molecule has 1 heterocycles. The summed E-state index contributed by atoms with van der Waals surface area (Å²) in [6.07, 6.45) is 0.274. The van der Waals surface area contributed by atoms with Gasteiger partial charge < -0.3 is 96.7 Å². The van der Waals surface area contributed by atoms with Crippen LogP contribution in [0.3, 0.4) is 0 Å². The topological polar surface area (TPSA) is 485 Å². The van der Waals surface area contributed by atoms with Gasteiger partial charge in [-0.1, -0.05) is 60.3 Å². The van der Waals surface area contributed by atoms with Crippen LogP contribution in [0.4, 0.5) is 0 Å². The molecule has 0 unspecified atom stereocenters. The van der Waals surface area contributed by atoms with E-state index in [-0.39, 0.29) is 83.0 Å². The van der Waals surface area contributed by atoms with Crippen LogP contribution in [0.15, 0.2) is 0 Å². The van der Waals surface area contributed by atoms with Crippen LogP contribution in [0.5, 0.6) is 0 Å². The number of carbonyl (C=O) groups excluding carboxylic acids is 11. The van der Waals surface area contributed by atoms with E-state index < -0.39 is 157 Å². The maximum atomic E-state index is 14.4. The fourth-order valence-corrected chi connectivity index (χ4v) is 8.43. The number of carbonyl (C=O) groups is 11. The molecule has 1 aliphatic heterocycles. The minimum absolute atomic E-state index is 0.0152. The first-order chi connectivity index (χ1) is 37.8. The van der Waals surface area contributed by atoms with Crippen molar-refractivity contribution in [3.8, 4) is 0 Å². The molecule has 29 nitrogen and oxygen atoms in total. The van der Waals surface area contributed by atoms with Gasteiger partial charge in [-0.25, -0.2) is 0 Å². The maximum absolute atomic E-state index is 14.4. The minimum Gasteiger partial charge on any atom is -0.394 e. The third-order valence-electron chi connectivity index (χ3n) is 12.9. The van der Waals surface area contributed by atoms with Crippen LogP contribution < -0.4 is 81.4 Å². The highest BCUT2D eigenvalue weighted by molar-refractivity contribution is 5.99. The molecule has 1 fully saturated rings. The Morgan fingerprint density at radius 2 is 1.01 bits per heavy atom. The third kappa shape index (κ3) is 26.4. The summed E-state index contributed by atoms with van der Waals surface area (Å²) in [6, 6.07) is -15.1. The van der Waals surface area contributed by atoms with E-state index in [0.29, 0.717) is 6.42 Å². The van der Waals surface area contributed by atoms with Gasteiger partial charge in [0, 0.05) is 13.0 Å². The van der Waals surface area contributed by atoms with Crippen molar-refractivity contribution in [2.45, 2.75) is 205 Å². The van der Waals surface area contributed by atoms with E-state index >= 15 is 0 Å². The molecule has 0 saturated carbocycles. The summed E-state index contributed by atoms with van der Waals surface area (Å²) in [5.41, 5.74) is 23.3. The summed E-state index contributed by atoms with van der Waals surface area (Å²) in [4.78, 5) is 152. The lowest BCUT2D eigenvalue weighted by Gasteiger charge is -2.29. The number of rotatable bonds is 28. The average Bonchev–Trinajstić information content (AvgIpc) is 3.38. The Labute approximate surface area is 469 Å². The highest BCUT2D eigenvalue weighted by Crippen LogP contribution is 2.12. The SMILES string of the molecule is CCCCCCCC(=O)N[C@@H](CCN)C(=O)N[C@H](C(=O)N[C@@H](CCN)C(=O)N[C@H]1CCNC(=O)[C@H]([C@@H](C)O)NC(=O)[C@H](CO)NC(=O)[C@H](CCN)NC(=O)[C@H](CC(C)C)NC(=O)[C@@H](CC(C)C)NC(=O)[C@H](CCN)NC1=O)[C@@H](C)O. The Kier molecular flexibility index (Phi) is 34.6. The molecule has 1 aliphatic rings. The van der Waals surface area contributed by atoms with Crippen molar-refractivity contribution >= 4 is 65.0 Å². The Morgan fingerprint density at radius 3 is 1.48 bits per heavy atom. The van der Waals surface area contributed by atoms with Crippen molar-refractivity contribution < 1.29 is 68.1 Å². The molecule has 0 aromatic heterocycles. The lowest BCUT2D eigenvalue weighted by Crippen LogP contribution is -2.62. The minimum atomic E-state index is -1.75. The van der Waals surface area contributed by atoms with Crippen molar-refractivity contribution in [1.82, 2.24) is 58.5 Å². The second-order valence-electron chi connectivity index (χ2n) is 21.0. The Morgan fingerprint density at radius 1 is 0.550 bits per heavy atom. The monoisotopic (exact) mass is 1140 g/mol. The Balaban J connectivity index is 3.80. The fourth-order valence-electron chi connectivity index (χ4n) is 8.43. The van der Waals surface area contributed by atoms with Gasteiger partial charge in [-0.15, -0.1) is 0 Å². The molecule has 1 saturated heterocycles. The van der Waals surface area contributed by atoms with Crippen LogP contribution in [0.1, 0.15) is 132 Å². The van der Waals surface area contributed by atoms with E-state index in [1.807, 2.05) is 0 Å². The number of hydrogen-bond donors (Lipinski definition) is 18. The van der Waals surface area contributed by atoms with Crippen LogP contribution in [-0.4, -0.2) is 192 Å². The molecule has 11 amide bonds. The largest absolute Gasteiger partial charge is 0.394 e. The van der Waals surface area contributed by atoms with Crippen molar-refractivity contribution in [3.05, 3.63) is 0 Å². The summed E-state index contributed by atoms with van der Waals surface area (Å²) >= 11 is 0. The molecule has 29 heteroatoms. The molecule has 0 radical (unpaired) electrons. The van der Waals surface area contributed by atoms with Crippen molar-refractivity contribution in [2.75, 3.05) is 39.3 Å². The quantitative estimate of drug-likeness (QED) is 0.0324. The average molecular weight is 1140 g/mol. The highest BCUT2D eigenvalue weighted by atomic mass is 16.3. The maximum Gasteiger partial charge on any atom is 0.245 e. The lowest BCUT2D eigenvalue weighted by atomic mass is 9.99. The molecule has 458 valence electrons. The second-order valence-corrected chi connectivity index (χ2v) is 21.0. The zero-order valence-corrected chi connectivity index (χ0v) is 47.7. The fraction of sp³-hybridized carbons (Fsp3) is 0.784. The molecule has 0 bridgehead atoms. The van der Waals surface area contributed by atoms with Crippen LogP contribution in [0, 0.1) is 11.8 Å². The molecular formula is C51H95N15O14. The van der Waals surface area contributed by atoms with Gasteiger partial charge in [0.25, 0.3) is 0 Å². The molecule has 80 heavy (non-hydrogen) atoms. The summed E-state index contributed by atoms with van der Waals surface area (Å²) in [7, 11) is 0. The van der Waals surface area contributed by atoms with Crippen molar-refractivity contribution in [3.63, 3.8) is 0 Å². The van der Waals surface area contributed by atoms with Gasteiger partial charge in [0.2, 0.25) is 65.0 Å². The summed E-state index contributed by atoms with van der Waals surface area (Å²) in [6.45, 7) is 9.42. The van der Waals surface area contributed by atoms with E-state index in [0.717, 1.165) is 32.6 Å². The van der Waals surface area contributed by atoms with Crippen LogP contribution in [-0.2, 0) is 52.7 Å². The van der Waals surface area contributed by atoms with Crippen molar-refractivity contribution in [2.24, 2.45) is 34.8 Å². The standard InChI is InChI=1S/C51H95N15O14/c1-8-9-10-11-12-13-39(70)57-31(14-19-52)46(75)66-41(30(7)69)51(80)61-34(17-22-55)42(71)60-35-18-23-56-50(79)40(29(6)68)65-49(78)38(26-67)64-44(73)33(16-21-54)59-47(76)36(24-27(2)3)63-48(77)37(25-28(4)5)62-43(72)32(15-20-53)58-45(35)74/h27-38,40-41,67-69H,8-26,52-55H2,1-7H3,(H,56,79)(H,57,70)(H,58,74)(H,59,76)(H,60,71)(H,61,80)(H,62,72)(H,63,77)(H,64,73)(H,65,78)(H,66,75)/t29-,30-,31+,32+,33+,34+,35+,36+,37-,38+,40+,41+/m1/s1. The molecule has 0 spiro atoms. The second kappa shape index (κ2) is 38.5. The van der Waals surface area contributed by atoms with Crippen molar-refractivity contribution in [1.29, 1.82) is 0 Å². The van der Waals surface area contributed by atoms with Crippen LogP contribution in [0.2, 0.25) is 0 Å². The van der Waals surface area contributed by atoms with Gasteiger partial charge in [-0.05, 0) is 103 Å². The molecule has 0 aromatic rings. The summed E-state index contributed by atoms with van der Waals surface area (Å²) < 4.78 is 0. The highest BCUT2D eigenvalue weighted by Gasteiger charge is 2.37. The molecule has 12 atom stereocenters. The number of aliphatic hydroxyl groups excluding tert-OH is 3. The molecule has 22 N–H and O–H groups in total. The number of nitrogens with one attached hydrogen (secondary N) is 11. The normalized spacial score (nSPS) is 23.3. The molecule has 0 aliphatic carbocycles. The first-order valence-electron chi connectivity index (χ1n) is 27.9. The zero-order valence-electron chi connectivity index (χ0n) is 47.7. The predicted molar refractivity (Wildman–Crippen MR) is 294 cm³/mol. The molecular weight excluding hydrogens is 1050 g/mol. The van der Waals surface area contributed by atoms with Crippen LogP contribution in [0.25, 0.3) is 0 Å². The van der Waals surface area contributed by atoms with Gasteiger partial charge >= 0.3 is 0 Å². The van der Waals surface area contributed by atoms with E-state index in [9.17, 15) is 68.1 Å². The third-order valence-corrected chi connectivity index (χ3v) is 12.9. The number of aliphatic hydroxyl groups is 3. The summed E-state index contributed by atoms with van der Waals surface area (Å²) in [5.74, 6) is -10.5. The van der Waals surface area contributed by atoms with Gasteiger partial charge in [-0.3, -0.25) is 52.7 Å². The van der Waals surface area contributed by atoms with Gasteiger partial charge in [-0.2, -0.15) is 0 Å². The van der Waals surface area contributed by atoms with Gasteiger partial charge in [0.15, 0.2) is 0 Å². The lowest BCUT2D eigenvalue weighted by molar-refractivity contribution is -0.137. The van der Waals surface area contributed by atoms with Crippen LogP contribution >= 0.6 is 0 Å². The molecule has 1 rings (SSSR count).